The van der Waals surface area contributed by atoms with Gasteiger partial charge in [-0.1, -0.05) is 78.0 Å². The first kappa shape index (κ1) is 22.2. The van der Waals surface area contributed by atoms with Gasteiger partial charge in [-0.05, 0) is 48.2 Å². The van der Waals surface area contributed by atoms with E-state index in [1.165, 1.54) is 11.8 Å². The summed E-state index contributed by atoms with van der Waals surface area (Å²) in [5, 5.41) is 6.51. The molecule has 0 spiro atoms. The molecule has 0 bridgehead atoms. The Kier molecular flexibility index (Phi) is 6.09. The Hall–Kier alpha value is -3.61. The van der Waals surface area contributed by atoms with Crippen molar-refractivity contribution in [2.45, 2.75) is 12.1 Å². The van der Waals surface area contributed by atoms with Crippen LogP contribution in [0, 0.1) is 6.92 Å². The third-order valence-corrected chi connectivity index (χ3v) is 6.97. The molecule has 0 aliphatic carbocycles. The maximum Gasteiger partial charge on any atom is 0.266 e. The van der Waals surface area contributed by atoms with Crippen LogP contribution in [0.4, 0.5) is 5.69 Å². The monoisotopic (exact) mass is 485 g/mol. The Morgan fingerprint density at radius 1 is 0.941 bits per heavy atom. The quantitative estimate of drug-likeness (QED) is 0.237. The zero-order chi connectivity index (χ0) is 23.7. The summed E-state index contributed by atoms with van der Waals surface area (Å²) >= 11 is 7.56. The average Bonchev–Trinajstić information content (AvgIpc) is 2.85. The minimum Gasteiger partial charge on any atom is -0.325 e. The second-order valence-corrected chi connectivity index (χ2v) is 9.15. The number of anilines is 1. The molecule has 168 valence electrons. The van der Waals surface area contributed by atoms with Crippen LogP contribution in [0.2, 0.25) is 5.02 Å². The molecule has 1 heterocycles. The minimum absolute atomic E-state index is 0.0909. The van der Waals surface area contributed by atoms with Crippen molar-refractivity contribution < 1.29 is 4.79 Å². The van der Waals surface area contributed by atoms with Gasteiger partial charge in [-0.3, -0.25) is 14.2 Å². The number of fused-ring (bicyclic) bond motifs is 2. The van der Waals surface area contributed by atoms with E-state index in [4.69, 9.17) is 16.6 Å². The summed E-state index contributed by atoms with van der Waals surface area (Å²) in [5.41, 5.74) is 2.55. The molecule has 0 saturated heterocycles. The fourth-order valence-corrected chi connectivity index (χ4v) is 4.89. The van der Waals surface area contributed by atoms with Crippen molar-refractivity contribution in [1.82, 2.24) is 9.55 Å². The lowest BCUT2D eigenvalue weighted by Crippen LogP contribution is -2.23. The van der Waals surface area contributed by atoms with Crippen molar-refractivity contribution in [3.8, 4) is 5.69 Å². The standard InChI is InChI=1S/C27H20ClN3O2S/c1-17-21(28)12-7-15-24(17)31-26(33)20-11-4-5-13-23(20)30-27(31)34-16-25(32)29-22-14-6-9-18-8-2-3-10-19(18)22/h2-15H,16H2,1H3,(H,29,32). The second kappa shape index (κ2) is 9.33. The Labute approximate surface area is 205 Å². The minimum atomic E-state index is -0.201. The number of carbonyl (C=O) groups excluding carboxylic acids is 1. The summed E-state index contributed by atoms with van der Waals surface area (Å²) in [6, 6.07) is 26.3. The van der Waals surface area contributed by atoms with Crippen LogP contribution < -0.4 is 10.9 Å². The molecule has 5 aromatic rings. The van der Waals surface area contributed by atoms with E-state index in [2.05, 4.69) is 5.32 Å². The number of hydrogen-bond acceptors (Lipinski definition) is 4. The van der Waals surface area contributed by atoms with Crippen molar-refractivity contribution in [3.05, 3.63) is 106 Å². The number of benzene rings is 4. The average molecular weight is 486 g/mol. The SMILES string of the molecule is Cc1c(Cl)cccc1-n1c(SCC(=O)Nc2cccc3ccccc23)nc2ccccc2c1=O. The number of halogens is 1. The van der Waals surface area contributed by atoms with Crippen molar-refractivity contribution >= 4 is 56.6 Å². The fourth-order valence-electron chi connectivity index (χ4n) is 3.91. The lowest BCUT2D eigenvalue weighted by Gasteiger charge is -2.16. The summed E-state index contributed by atoms with van der Waals surface area (Å²) in [5.74, 6) is -0.0914. The summed E-state index contributed by atoms with van der Waals surface area (Å²) < 4.78 is 1.54. The van der Waals surface area contributed by atoms with E-state index >= 15 is 0 Å². The number of nitrogens with zero attached hydrogens (tertiary/aromatic N) is 2. The Morgan fingerprint density at radius 2 is 1.65 bits per heavy atom. The third-order valence-electron chi connectivity index (χ3n) is 5.62. The molecule has 0 aliphatic rings. The van der Waals surface area contributed by atoms with Gasteiger partial charge in [0, 0.05) is 16.1 Å². The second-order valence-electron chi connectivity index (χ2n) is 7.80. The van der Waals surface area contributed by atoms with Crippen LogP contribution in [0.25, 0.3) is 27.4 Å². The summed E-state index contributed by atoms with van der Waals surface area (Å²) in [7, 11) is 0. The first-order valence-electron chi connectivity index (χ1n) is 10.7. The zero-order valence-electron chi connectivity index (χ0n) is 18.3. The molecule has 1 amide bonds. The van der Waals surface area contributed by atoms with Gasteiger partial charge < -0.3 is 5.32 Å². The Balaban J connectivity index is 1.50. The van der Waals surface area contributed by atoms with Crippen LogP contribution >= 0.6 is 23.4 Å². The molecule has 4 aromatic carbocycles. The van der Waals surface area contributed by atoms with E-state index in [0.717, 1.165) is 22.0 Å². The summed E-state index contributed by atoms with van der Waals surface area (Å²) in [6.45, 7) is 1.86. The number of aromatic nitrogens is 2. The largest absolute Gasteiger partial charge is 0.325 e. The third kappa shape index (κ3) is 4.18. The lowest BCUT2D eigenvalue weighted by atomic mass is 10.1. The lowest BCUT2D eigenvalue weighted by molar-refractivity contribution is -0.113. The van der Waals surface area contributed by atoms with Gasteiger partial charge in [0.05, 0.1) is 22.3 Å². The summed E-state index contributed by atoms with van der Waals surface area (Å²) in [6.07, 6.45) is 0. The van der Waals surface area contributed by atoms with E-state index < -0.39 is 0 Å². The van der Waals surface area contributed by atoms with Crippen LogP contribution in [0.5, 0.6) is 0 Å². The summed E-state index contributed by atoms with van der Waals surface area (Å²) in [4.78, 5) is 31.1. The van der Waals surface area contributed by atoms with Gasteiger partial charge in [-0.15, -0.1) is 0 Å². The molecule has 0 radical (unpaired) electrons. The van der Waals surface area contributed by atoms with Crippen LogP contribution in [-0.4, -0.2) is 21.2 Å². The van der Waals surface area contributed by atoms with E-state index in [0.29, 0.717) is 26.8 Å². The van der Waals surface area contributed by atoms with Crippen molar-refractivity contribution in [2.75, 3.05) is 11.1 Å². The molecule has 5 nitrogen and oxygen atoms in total. The fraction of sp³-hybridized carbons (Fsp3) is 0.0741. The number of hydrogen-bond donors (Lipinski definition) is 1. The highest BCUT2D eigenvalue weighted by Crippen LogP contribution is 2.27. The number of amides is 1. The van der Waals surface area contributed by atoms with E-state index in [9.17, 15) is 9.59 Å². The number of para-hydroxylation sites is 1. The highest BCUT2D eigenvalue weighted by atomic mass is 35.5. The van der Waals surface area contributed by atoms with E-state index in [1.54, 1.807) is 28.8 Å². The predicted octanol–water partition coefficient (Wildman–Crippen LogP) is 6.23. The molecule has 0 unspecified atom stereocenters. The smallest absolute Gasteiger partial charge is 0.266 e. The molecule has 0 saturated carbocycles. The highest BCUT2D eigenvalue weighted by Gasteiger charge is 2.17. The highest BCUT2D eigenvalue weighted by molar-refractivity contribution is 7.99. The van der Waals surface area contributed by atoms with E-state index in [-0.39, 0.29) is 17.2 Å². The van der Waals surface area contributed by atoms with Crippen LogP contribution in [0.1, 0.15) is 5.56 Å². The van der Waals surface area contributed by atoms with Gasteiger partial charge in [0.25, 0.3) is 5.56 Å². The Morgan fingerprint density at radius 3 is 2.50 bits per heavy atom. The molecule has 5 rings (SSSR count). The van der Waals surface area contributed by atoms with Crippen LogP contribution in [-0.2, 0) is 4.79 Å². The first-order chi connectivity index (χ1) is 16.5. The van der Waals surface area contributed by atoms with Gasteiger partial charge in [-0.25, -0.2) is 4.98 Å². The normalized spacial score (nSPS) is 11.1. The van der Waals surface area contributed by atoms with Crippen molar-refractivity contribution in [2.24, 2.45) is 0 Å². The number of thioether (sulfide) groups is 1. The molecule has 34 heavy (non-hydrogen) atoms. The molecular weight excluding hydrogens is 466 g/mol. The number of nitrogens with one attached hydrogen (secondary N) is 1. The molecule has 0 aliphatic heterocycles. The molecule has 7 heteroatoms. The van der Waals surface area contributed by atoms with Crippen LogP contribution in [0.15, 0.2) is 94.9 Å². The van der Waals surface area contributed by atoms with E-state index in [1.807, 2.05) is 67.6 Å². The number of rotatable bonds is 5. The molecule has 1 N–H and O–H groups in total. The number of carbonyl (C=O) groups is 1. The first-order valence-corrected chi connectivity index (χ1v) is 12.1. The van der Waals surface area contributed by atoms with Gasteiger partial charge in [0.1, 0.15) is 0 Å². The topological polar surface area (TPSA) is 64.0 Å². The van der Waals surface area contributed by atoms with Crippen molar-refractivity contribution in [1.29, 1.82) is 0 Å². The van der Waals surface area contributed by atoms with Crippen molar-refractivity contribution in [3.63, 3.8) is 0 Å². The zero-order valence-corrected chi connectivity index (χ0v) is 19.9. The Bertz CT molecular complexity index is 1610. The predicted molar refractivity (Wildman–Crippen MR) is 140 cm³/mol. The van der Waals surface area contributed by atoms with Crippen LogP contribution in [0.3, 0.4) is 0 Å². The maximum absolute atomic E-state index is 13.5. The molecule has 1 aromatic heterocycles. The molecule has 0 fully saturated rings. The maximum atomic E-state index is 13.5. The van der Waals surface area contributed by atoms with Gasteiger partial charge >= 0.3 is 0 Å². The van der Waals surface area contributed by atoms with Gasteiger partial charge in [-0.2, -0.15) is 0 Å². The molecule has 0 atom stereocenters. The van der Waals surface area contributed by atoms with Gasteiger partial charge in [0.15, 0.2) is 5.16 Å². The molecular formula is C27H20ClN3O2S. The van der Waals surface area contributed by atoms with Gasteiger partial charge in [0.2, 0.25) is 5.91 Å².